The smallest absolute Gasteiger partial charge is 0.410 e. The summed E-state index contributed by atoms with van der Waals surface area (Å²) in [6.07, 6.45) is 0.775. The van der Waals surface area contributed by atoms with Crippen molar-refractivity contribution in [1.82, 2.24) is 4.90 Å². The summed E-state index contributed by atoms with van der Waals surface area (Å²) in [5, 5.41) is 0. The number of nitrogens with zero attached hydrogens (tertiary/aromatic N) is 1. The van der Waals surface area contributed by atoms with E-state index < -0.39 is 0 Å². The first-order valence-electron chi connectivity index (χ1n) is 6.79. The van der Waals surface area contributed by atoms with Crippen molar-refractivity contribution in [3.8, 4) is 0 Å². The first kappa shape index (κ1) is 13.9. The maximum atomic E-state index is 12.0. The van der Waals surface area contributed by atoms with Crippen molar-refractivity contribution in [2.75, 3.05) is 13.2 Å². The molecule has 1 saturated heterocycles. The van der Waals surface area contributed by atoms with Crippen molar-refractivity contribution in [1.29, 1.82) is 0 Å². The van der Waals surface area contributed by atoms with Gasteiger partial charge in [-0.25, -0.2) is 4.79 Å². The molecule has 0 aromatic heterocycles. The summed E-state index contributed by atoms with van der Waals surface area (Å²) < 4.78 is 10.9. The lowest BCUT2D eigenvalue weighted by molar-refractivity contribution is 0.0612. The molecule has 1 amide bonds. The predicted molar refractivity (Wildman–Crippen MR) is 72.8 cm³/mol. The summed E-state index contributed by atoms with van der Waals surface area (Å²) in [5.74, 6) is 0. The van der Waals surface area contributed by atoms with Crippen LogP contribution in [0.5, 0.6) is 0 Å². The lowest BCUT2D eigenvalue weighted by Crippen LogP contribution is -2.35. The van der Waals surface area contributed by atoms with E-state index in [4.69, 9.17) is 9.47 Å². The molecule has 2 rings (SSSR count). The largest absolute Gasteiger partial charge is 0.445 e. The Morgan fingerprint density at radius 3 is 2.79 bits per heavy atom. The van der Waals surface area contributed by atoms with Gasteiger partial charge in [-0.05, 0) is 25.8 Å². The fraction of sp³-hybridized carbons (Fsp3) is 0.533. The molecule has 0 aliphatic carbocycles. The average molecular weight is 263 g/mol. The van der Waals surface area contributed by atoms with Crippen molar-refractivity contribution >= 4 is 6.09 Å². The van der Waals surface area contributed by atoms with Crippen LogP contribution >= 0.6 is 0 Å². The molecular formula is C15H21NO3. The Hall–Kier alpha value is -1.55. The highest BCUT2D eigenvalue weighted by Gasteiger charge is 2.33. The minimum absolute atomic E-state index is 0.143. The second-order valence-electron chi connectivity index (χ2n) is 4.85. The molecule has 2 atom stereocenters. The summed E-state index contributed by atoms with van der Waals surface area (Å²) in [6, 6.07) is 9.90. The van der Waals surface area contributed by atoms with E-state index in [1.165, 1.54) is 0 Å². The third-order valence-corrected chi connectivity index (χ3v) is 3.38. The number of benzene rings is 1. The van der Waals surface area contributed by atoms with Crippen LogP contribution in [0.2, 0.25) is 0 Å². The van der Waals surface area contributed by atoms with E-state index in [2.05, 4.69) is 0 Å². The number of hydrogen-bond acceptors (Lipinski definition) is 3. The maximum Gasteiger partial charge on any atom is 0.410 e. The molecule has 0 saturated carbocycles. The van der Waals surface area contributed by atoms with Gasteiger partial charge in [-0.3, -0.25) is 0 Å². The van der Waals surface area contributed by atoms with Crippen LogP contribution in [0.3, 0.4) is 0 Å². The van der Waals surface area contributed by atoms with Gasteiger partial charge < -0.3 is 14.4 Å². The number of likely N-dealkylation sites (tertiary alicyclic amines) is 1. The van der Waals surface area contributed by atoms with E-state index in [-0.39, 0.29) is 18.2 Å². The third-order valence-electron chi connectivity index (χ3n) is 3.38. The molecule has 1 heterocycles. The molecule has 0 spiro atoms. The predicted octanol–water partition coefficient (Wildman–Crippen LogP) is 2.82. The molecule has 4 nitrogen and oxygen atoms in total. The molecule has 4 heteroatoms. The van der Waals surface area contributed by atoms with E-state index in [1.54, 1.807) is 4.90 Å². The lowest BCUT2D eigenvalue weighted by Gasteiger charge is -2.20. The summed E-state index contributed by atoms with van der Waals surface area (Å²) >= 11 is 0. The highest BCUT2D eigenvalue weighted by Crippen LogP contribution is 2.21. The van der Waals surface area contributed by atoms with Crippen LogP contribution in [0.15, 0.2) is 30.3 Å². The van der Waals surface area contributed by atoms with Gasteiger partial charge >= 0.3 is 6.09 Å². The van der Waals surface area contributed by atoms with Gasteiger partial charge in [0.15, 0.2) is 0 Å². The van der Waals surface area contributed by atoms with Crippen molar-refractivity contribution in [2.24, 2.45) is 0 Å². The van der Waals surface area contributed by atoms with E-state index in [0.717, 1.165) is 12.0 Å². The summed E-state index contributed by atoms with van der Waals surface area (Å²) in [6.45, 7) is 5.64. The summed E-state index contributed by atoms with van der Waals surface area (Å²) in [5.41, 5.74) is 1.00. The molecule has 0 N–H and O–H groups in total. The Bertz CT molecular complexity index is 407. The molecule has 1 aromatic rings. The zero-order chi connectivity index (χ0) is 13.7. The molecule has 0 unspecified atom stereocenters. The fourth-order valence-corrected chi connectivity index (χ4v) is 2.39. The van der Waals surface area contributed by atoms with Crippen LogP contribution in [0.25, 0.3) is 0 Å². The second kappa shape index (κ2) is 6.57. The molecule has 1 aliphatic rings. The van der Waals surface area contributed by atoms with E-state index in [1.807, 2.05) is 44.2 Å². The number of ether oxygens (including phenoxy) is 2. The molecule has 1 fully saturated rings. The van der Waals surface area contributed by atoms with Crippen molar-refractivity contribution in [2.45, 2.75) is 39.0 Å². The Morgan fingerprint density at radius 2 is 2.11 bits per heavy atom. The van der Waals surface area contributed by atoms with E-state index >= 15 is 0 Å². The Kier molecular flexibility index (Phi) is 4.80. The van der Waals surface area contributed by atoms with Crippen molar-refractivity contribution < 1.29 is 14.3 Å². The van der Waals surface area contributed by atoms with Gasteiger partial charge in [0, 0.05) is 12.6 Å². The Balaban J connectivity index is 1.83. The molecule has 1 aromatic carbocycles. The Labute approximate surface area is 114 Å². The minimum Gasteiger partial charge on any atom is -0.445 e. The SMILES string of the molecule is CCO[C@@H]1C[C@H](C)N(C(=O)OCc2ccccc2)C1. The topological polar surface area (TPSA) is 38.8 Å². The van der Waals surface area contributed by atoms with Crippen LogP contribution in [0, 0.1) is 0 Å². The van der Waals surface area contributed by atoms with Gasteiger partial charge in [0.1, 0.15) is 6.61 Å². The molecule has 0 radical (unpaired) electrons. The molecular weight excluding hydrogens is 242 g/mol. The van der Waals surface area contributed by atoms with Crippen LogP contribution < -0.4 is 0 Å². The number of rotatable bonds is 4. The lowest BCUT2D eigenvalue weighted by atomic mass is 10.2. The van der Waals surface area contributed by atoms with Gasteiger partial charge in [-0.1, -0.05) is 30.3 Å². The standard InChI is InChI=1S/C15H21NO3/c1-3-18-14-9-12(2)16(10-14)15(17)19-11-13-7-5-4-6-8-13/h4-8,12,14H,3,9-11H2,1-2H3/t12-,14+/m0/s1. The zero-order valence-corrected chi connectivity index (χ0v) is 11.5. The van der Waals surface area contributed by atoms with Crippen LogP contribution in [-0.4, -0.2) is 36.3 Å². The summed E-state index contributed by atoms with van der Waals surface area (Å²) in [4.78, 5) is 13.8. The monoisotopic (exact) mass is 263 g/mol. The zero-order valence-electron chi connectivity index (χ0n) is 11.5. The summed E-state index contributed by atoms with van der Waals surface area (Å²) in [7, 11) is 0. The molecule has 0 bridgehead atoms. The highest BCUT2D eigenvalue weighted by molar-refractivity contribution is 5.68. The van der Waals surface area contributed by atoms with Crippen LogP contribution in [0.1, 0.15) is 25.8 Å². The van der Waals surface area contributed by atoms with Crippen LogP contribution in [0.4, 0.5) is 4.79 Å². The van der Waals surface area contributed by atoms with Crippen LogP contribution in [-0.2, 0) is 16.1 Å². The van der Waals surface area contributed by atoms with Gasteiger partial charge in [0.05, 0.1) is 12.6 Å². The first-order valence-corrected chi connectivity index (χ1v) is 6.79. The number of carbonyl (C=O) groups is 1. The maximum absolute atomic E-state index is 12.0. The van der Waals surface area contributed by atoms with E-state index in [9.17, 15) is 4.79 Å². The quantitative estimate of drug-likeness (QED) is 0.838. The average Bonchev–Trinajstić information content (AvgIpc) is 2.79. The van der Waals surface area contributed by atoms with Gasteiger partial charge in [0.2, 0.25) is 0 Å². The van der Waals surface area contributed by atoms with Gasteiger partial charge in [0.25, 0.3) is 0 Å². The second-order valence-corrected chi connectivity index (χ2v) is 4.85. The third kappa shape index (κ3) is 3.70. The number of carbonyl (C=O) groups excluding carboxylic acids is 1. The minimum atomic E-state index is -0.251. The van der Waals surface area contributed by atoms with E-state index in [0.29, 0.717) is 19.8 Å². The van der Waals surface area contributed by atoms with Gasteiger partial charge in [-0.2, -0.15) is 0 Å². The van der Waals surface area contributed by atoms with Crippen molar-refractivity contribution in [3.05, 3.63) is 35.9 Å². The normalized spacial score (nSPS) is 22.5. The highest BCUT2D eigenvalue weighted by atomic mass is 16.6. The number of amides is 1. The fourth-order valence-electron chi connectivity index (χ4n) is 2.39. The first-order chi connectivity index (χ1) is 9.20. The Morgan fingerprint density at radius 1 is 1.37 bits per heavy atom. The van der Waals surface area contributed by atoms with Gasteiger partial charge in [-0.15, -0.1) is 0 Å². The van der Waals surface area contributed by atoms with Crippen molar-refractivity contribution in [3.63, 3.8) is 0 Å². The number of hydrogen-bond donors (Lipinski definition) is 0. The molecule has 19 heavy (non-hydrogen) atoms. The molecule has 104 valence electrons. The molecule has 1 aliphatic heterocycles.